The van der Waals surface area contributed by atoms with Gasteiger partial charge in [0.1, 0.15) is 0 Å². The molecule has 94 valence electrons. The van der Waals surface area contributed by atoms with Crippen LogP contribution >= 0.6 is 23.2 Å². The van der Waals surface area contributed by atoms with Gasteiger partial charge in [-0.25, -0.2) is 0 Å². The smallest absolute Gasteiger partial charge is 0.0971 e. The molecule has 4 heteroatoms. The van der Waals surface area contributed by atoms with Gasteiger partial charge in [0, 0.05) is 27.2 Å². The lowest BCUT2D eigenvalue weighted by atomic mass is 10.00. The SMILES string of the molecule is CC1(C)CC[C@H](C(O)c2c(Cl)cccc2Cl)N1. The molecule has 1 saturated heterocycles. The van der Waals surface area contributed by atoms with Crippen LogP contribution in [0.2, 0.25) is 10.0 Å². The Balaban J connectivity index is 2.23. The molecule has 2 atom stereocenters. The lowest BCUT2D eigenvalue weighted by Crippen LogP contribution is -2.40. The molecule has 0 amide bonds. The zero-order chi connectivity index (χ0) is 12.6. The molecule has 1 aliphatic heterocycles. The summed E-state index contributed by atoms with van der Waals surface area (Å²) < 4.78 is 0. The van der Waals surface area contributed by atoms with Gasteiger partial charge in [0.2, 0.25) is 0 Å². The Labute approximate surface area is 112 Å². The summed E-state index contributed by atoms with van der Waals surface area (Å²) in [5.74, 6) is 0. The Bertz CT molecular complexity index is 400. The zero-order valence-electron chi connectivity index (χ0n) is 10.0. The van der Waals surface area contributed by atoms with Crippen molar-refractivity contribution < 1.29 is 5.11 Å². The lowest BCUT2D eigenvalue weighted by molar-refractivity contribution is 0.132. The van der Waals surface area contributed by atoms with E-state index in [-0.39, 0.29) is 11.6 Å². The lowest BCUT2D eigenvalue weighted by Gasteiger charge is -2.25. The molecule has 0 spiro atoms. The maximum absolute atomic E-state index is 10.4. The molecule has 0 aromatic heterocycles. The van der Waals surface area contributed by atoms with Crippen LogP contribution in [0, 0.1) is 0 Å². The predicted octanol–water partition coefficient (Wildman–Crippen LogP) is 3.56. The first kappa shape index (κ1) is 13.2. The number of rotatable bonds is 2. The Morgan fingerprint density at radius 3 is 2.41 bits per heavy atom. The van der Waals surface area contributed by atoms with Gasteiger partial charge in [-0.05, 0) is 38.8 Å². The van der Waals surface area contributed by atoms with Crippen molar-refractivity contribution in [1.29, 1.82) is 0 Å². The summed E-state index contributed by atoms with van der Waals surface area (Å²) in [4.78, 5) is 0. The second-order valence-electron chi connectivity index (χ2n) is 5.25. The van der Waals surface area contributed by atoms with Gasteiger partial charge in [0.25, 0.3) is 0 Å². The van der Waals surface area contributed by atoms with E-state index in [0.29, 0.717) is 15.6 Å². The summed E-state index contributed by atoms with van der Waals surface area (Å²) in [6, 6.07) is 5.31. The fraction of sp³-hybridized carbons (Fsp3) is 0.538. The number of benzene rings is 1. The minimum Gasteiger partial charge on any atom is -0.387 e. The first-order valence-electron chi connectivity index (χ1n) is 5.80. The first-order chi connectivity index (χ1) is 7.91. The molecule has 1 unspecified atom stereocenters. The average Bonchev–Trinajstić information content (AvgIpc) is 2.58. The van der Waals surface area contributed by atoms with Crippen LogP contribution in [0.5, 0.6) is 0 Å². The average molecular weight is 274 g/mol. The highest BCUT2D eigenvalue weighted by Crippen LogP contribution is 2.36. The molecule has 2 nitrogen and oxygen atoms in total. The Hall–Kier alpha value is -0.280. The van der Waals surface area contributed by atoms with Gasteiger partial charge in [-0.15, -0.1) is 0 Å². The van der Waals surface area contributed by atoms with Gasteiger partial charge in [-0.1, -0.05) is 29.3 Å². The van der Waals surface area contributed by atoms with Crippen LogP contribution in [0.3, 0.4) is 0 Å². The first-order valence-corrected chi connectivity index (χ1v) is 6.56. The Morgan fingerprint density at radius 2 is 1.94 bits per heavy atom. The van der Waals surface area contributed by atoms with Gasteiger partial charge in [0.15, 0.2) is 0 Å². The number of aliphatic hydroxyl groups excluding tert-OH is 1. The van der Waals surface area contributed by atoms with Crippen LogP contribution in [0.15, 0.2) is 18.2 Å². The zero-order valence-corrected chi connectivity index (χ0v) is 11.5. The van der Waals surface area contributed by atoms with Crippen molar-refractivity contribution in [3.05, 3.63) is 33.8 Å². The van der Waals surface area contributed by atoms with E-state index in [1.54, 1.807) is 18.2 Å². The standard InChI is InChI=1S/C13H17Cl2NO/c1-13(2)7-6-10(16-13)12(17)11-8(14)4-3-5-9(11)15/h3-5,10,12,16-17H,6-7H2,1-2H3/t10-,12?/m1/s1. The van der Waals surface area contributed by atoms with Crippen molar-refractivity contribution in [2.75, 3.05) is 0 Å². The summed E-state index contributed by atoms with van der Waals surface area (Å²) in [5.41, 5.74) is 0.699. The van der Waals surface area contributed by atoms with Crippen molar-refractivity contribution in [2.24, 2.45) is 0 Å². The summed E-state index contributed by atoms with van der Waals surface area (Å²) in [6.07, 6.45) is 1.31. The van der Waals surface area contributed by atoms with Gasteiger partial charge >= 0.3 is 0 Å². The fourth-order valence-corrected chi connectivity index (χ4v) is 3.01. The van der Waals surface area contributed by atoms with Gasteiger partial charge in [-0.3, -0.25) is 0 Å². The summed E-state index contributed by atoms with van der Waals surface area (Å²) in [7, 11) is 0. The molecule has 1 aromatic carbocycles. The van der Waals surface area contributed by atoms with Crippen molar-refractivity contribution in [1.82, 2.24) is 5.32 Å². The van der Waals surface area contributed by atoms with E-state index in [1.807, 2.05) is 0 Å². The molecule has 0 aliphatic carbocycles. The van der Waals surface area contributed by atoms with E-state index in [2.05, 4.69) is 19.2 Å². The Kier molecular flexibility index (Phi) is 3.69. The minimum absolute atomic E-state index is 0.0161. The summed E-state index contributed by atoms with van der Waals surface area (Å²) in [6.45, 7) is 4.27. The van der Waals surface area contributed by atoms with Crippen LogP contribution in [0.4, 0.5) is 0 Å². The highest BCUT2D eigenvalue weighted by Gasteiger charge is 2.35. The van der Waals surface area contributed by atoms with E-state index in [9.17, 15) is 5.11 Å². The summed E-state index contributed by atoms with van der Waals surface area (Å²) >= 11 is 12.2. The molecule has 0 saturated carbocycles. The molecule has 17 heavy (non-hydrogen) atoms. The number of aliphatic hydroxyl groups is 1. The highest BCUT2D eigenvalue weighted by atomic mass is 35.5. The van der Waals surface area contributed by atoms with E-state index in [1.165, 1.54) is 0 Å². The maximum atomic E-state index is 10.4. The van der Waals surface area contributed by atoms with Gasteiger partial charge < -0.3 is 10.4 Å². The highest BCUT2D eigenvalue weighted by molar-refractivity contribution is 6.36. The normalized spacial score (nSPS) is 24.9. The largest absolute Gasteiger partial charge is 0.387 e. The van der Waals surface area contributed by atoms with Gasteiger partial charge in [0.05, 0.1) is 6.10 Å². The number of hydrogen-bond donors (Lipinski definition) is 2. The third kappa shape index (κ3) is 2.76. The predicted molar refractivity (Wildman–Crippen MR) is 71.7 cm³/mol. The third-order valence-corrected chi connectivity index (χ3v) is 3.99. The van der Waals surface area contributed by atoms with Gasteiger partial charge in [-0.2, -0.15) is 0 Å². The van der Waals surface area contributed by atoms with E-state index < -0.39 is 6.10 Å². The molecule has 0 bridgehead atoms. The molecular weight excluding hydrogens is 257 g/mol. The number of hydrogen-bond acceptors (Lipinski definition) is 2. The van der Waals surface area contributed by atoms with Crippen LogP contribution in [-0.4, -0.2) is 16.7 Å². The number of nitrogens with one attached hydrogen (secondary N) is 1. The molecule has 1 heterocycles. The second-order valence-corrected chi connectivity index (χ2v) is 6.07. The van der Waals surface area contributed by atoms with E-state index in [0.717, 1.165) is 12.8 Å². The monoisotopic (exact) mass is 273 g/mol. The minimum atomic E-state index is -0.655. The fourth-order valence-electron chi connectivity index (χ4n) is 2.39. The van der Waals surface area contributed by atoms with Crippen LogP contribution in [0.1, 0.15) is 38.4 Å². The van der Waals surface area contributed by atoms with E-state index in [4.69, 9.17) is 23.2 Å². The molecule has 2 rings (SSSR count). The molecule has 1 aromatic rings. The quantitative estimate of drug-likeness (QED) is 0.864. The molecule has 0 radical (unpaired) electrons. The Morgan fingerprint density at radius 1 is 1.35 bits per heavy atom. The third-order valence-electron chi connectivity index (χ3n) is 3.33. The summed E-state index contributed by atoms with van der Waals surface area (Å²) in [5, 5.41) is 14.8. The van der Waals surface area contributed by atoms with E-state index >= 15 is 0 Å². The van der Waals surface area contributed by atoms with Crippen LogP contribution < -0.4 is 5.32 Å². The van der Waals surface area contributed by atoms with Crippen LogP contribution in [-0.2, 0) is 0 Å². The molecular formula is C13H17Cl2NO. The number of halogens is 2. The van der Waals surface area contributed by atoms with Crippen molar-refractivity contribution in [2.45, 2.75) is 44.4 Å². The van der Waals surface area contributed by atoms with Crippen molar-refractivity contribution in [3.63, 3.8) is 0 Å². The van der Waals surface area contributed by atoms with Crippen LogP contribution in [0.25, 0.3) is 0 Å². The topological polar surface area (TPSA) is 32.3 Å². The maximum Gasteiger partial charge on any atom is 0.0971 e. The molecule has 2 N–H and O–H groups in total. The van der Waals surface area contributed by atoms with Crippen molar-refractivity contribution in [3.8, 4) is 0 Å². The molecule has 1 fully saturated rings. The molecule has 1 aliphatic rings. The second kappa shape index (κ2) is 4.77. The van der Waals surface area contributed by atoms with Crippen molar-refractivity contribution >= 4 is 23.2 Å².